The van der Waals surface area contributed by atoms with Gasteiger partial charge >= 0.3 is 24.1 Å². The summed E-state index contributed by atoms with van der Waals surface area (Å²) in [5.41, 5.74) is 22.1. The zero-order chi connectivity index (χ0) is 68.4. The number of carboxylic acids is 2. The van der Waals surface area contributed by atoms with E-state index in [1.807, 2.05) is 6.92 Å². The van der Waals surface area contributed by atoms with Gasteiger partial charge < -0.3 is 129 Å². The molecule has 92 heavy (non-hydrogen) atoms. The van der Waals surface area contributed by atoms with Crippen molar-refractivity contribution in [1.82, 2.24) is 37.2 Å². The lowest BCUT2D eigenvalue weighted by atomic mass is 9.87. The van der Waals surface area contributed by atoms with Crippen molar-refractivity contribution < 1.29 is 112 Å². The highest BCUT2D eigenvalue weighted by Crippen LogP contribution is 2.31. The number of rotatable bonds is 48. The Hall–Kier alpha value is -7.87. The number of hydrogen-bond donors (Lipinski definition) is 17. The summed E-state index contributed by atoms with van der Waals surface area (Å²) >= 11 is 0. The smallest absolute Gasteiger partial charge is 0.407 e. The molecular weight excluding hydrogens is 1220 g/mol. The maximum atomic E-state index is 13.4. The van der Waals surface area contributed by atoms with Gasteiger partial charge in [-0.1, -0.05) is 39.5 Å². The van der Waals surface area contributed by atoms with Gasteiger partial charge in [0.05, 0.1) is 84.1 Å². The van der Waals surface area contributed by atoms with Crippen LogP contribution >= 0.6 is 0 Å². The summed E-state index contributed by atoms with van der Waals surface area (Å²) in [4.78, 5) is 122. The van der Waals surface area contributed by atoms with Gasteiger partial charge in [-0.3, -0.25) is 24.0 Å². The lowest BCUT2D eigenvalue weighted by molar-refractivity contribution is -0.147. The van der Waals surface area contributed by atoms with Crippen molar-refractivity contribution in [2.24, 2.45) is 38.8 Å². The number of carbonyl (C=O) groups is 9. The van der Waals surface area contributed by atoms with Gasteiger partial charge in [-0.2, -0.15) is 0 Å². The van der Waals surface area contributed by atoms with Crippen LogP contribution in [0.4, 0.5) is 9.59 Å². The third-order valence-electron chi connectivity index (χ3n) is 13.7. The molecule has 0 fully saturated rings. The van der Waals surface area contributed by atoms with E-state index in [4.69, 9.17) is 60.8 Å². The first-order valence-electron chi connectivity index (χ1n) is 30.5. The van der Waals surface area contributed by atoms with Gasteiger partial charge in [0.15, 0.2) is 30.2 Å². The van der Waals surface area contributed by atoms with Crippen molar-refractivity contribution in [2.45, 2.75) is 159 Å². The van der Waals surface area contributed by atoms with Crippen LogP contribution < -0.4 is 60.2 Å². The van der Waals surface area contributed by atoms with E-state index in [-0.39, 0.29) is 71.2 Å². The summed E-state index contributed by atoms with van der Waals surface area (Å²) < 4.78 is 43.6. The van der Waals surface area contributed by atoms with Crippen molar-refractivity contribution in [3.8, 4) is 0 Å². The fourth-order valence-electron chi connectivity index (χ4n) is 9.04. The molecule has 0 saturated heterocycles. The molecule has 0 radical (unpaired) electrons. The maximum absolute atomic E-state index is 13.4. The lowest BCUT2D eigenvalue weighted by Crippen LogP contribution is -2.61. The zero-order valence-electron chi connectivity index (χ0n) is 52.4. The Morgan fingerprint density at radius 1 is 0.565 bits per heavy atom. The molecule has 0 bridgehead atoms. The van der Waals surface area contributed by atoms with Crippen LogP contribution in [0.2, 0.25) is 0 Å². The fraction of sp³-hybridized carbons (Fsp3) is 0.732. The highest BCUT2D eigenvalue weighted by molar-refractivity contribution is 5.91. The van der Waals surface area contributed by atoms with E-state index in [1.165, 1.54) is 6.08 Å². The second-order valence-corrected chi connectivity index (χ2v) is 21.2. The first kappa shape index (κ1) is 80.2. The summed E-state index contributed by atoms with van der Waals surface area (Å²) in [5.74, 6) is -8.58. The Bertz CT molecular complexity index is 2420. The SMILES string of the molecule is CCCOCCOCCOCCOCCC(=O)N[C@H](CCC(=O)NCCCCCCNC(=O)O[C@@H]([C@H]1OC(C(=O)O)=C[C@H](N=C(N)N)[C@H]1NC(C)=O)[C@H](O)CO)C(=O)NCC(=O)NCCCCCCNC(=O)O[C@@H]([C@@H]1OC(C(=O)O)=C[C@H](N=C(N)N)[C@H]1C)[C@H](O)CO. The molecule has 0 spiro atoms. The van der Waals surface area contributed by atoms with Crippen LogP contribution in [0.5, 0.6) is 0 Å². The average molecular weight is 1320 g/mol. The second kappa shape index (κ2) is 46.2. The molecule has 2 aliphatic heterocycles. The van der Waals surface area contributed by atoms with Crippen LogP contribution in [0.1, 0.15) is 97.8 Å². The first-order chi connectivity index (χ1) is 43.9. The number of amides is 7. The number of hydrogen-bond acceptors (Lipinski definition) is 23. The number of nitrogens with two attached hydrogens (primary N) is 4. The molecule has 36 heteroatoms. The maximum Gasteiger partial charge on any atom is 0.407 e. The molecule has 0 aromatic carbocycles. The van der Waals surface area contributed by atoms with E-state index in [9.17, 15) is 73.8 Å². The minimum absolute atomic E-state index is 0.00170. The molecule has 0 aromatic heterocycles. The molecule has 7 amide bonds. The van der Waals surface area contributed by atoms with E-state index in [0.717, 1.165) is 19.4 Å². The summed E-state index contributed by atoms with van der Waals surface area (Å²) in [6, 6.07) is -4.61. The minimum atomic E-state index is -1.81. The summed E-state index contributed by atoms with van der Waals surface area (Å²) in [5, 5.41) is 78.0. The molecule has 0 aromatic rings. The van der Waals surface area contributed by atoms with Crippen LogP contribution in [0, 0.1) is 5.92 Å². The number of aliphatic hydroxyl groups excluding tert-OH is 4. The molecule has 0 unspecified atom stereocenters. The number of carboxylic acid groups (broad SMARTS) is 2. The number of alkyl carbamates (subject to hydrolysis) is 2. The van der Waals surface area contributed by atoms with Gasteiger partial charge in [-0.05, 0) is 50.7 Å². The number of nitrogens with zero attached hydrogens (tertiary/aromatic N) is 2. The Labute approximate surface area is 533 Å². The van der Waals surface area contributed by atoms with Gasteiger partial charge in [-0.25, -0.2) is 29.2 Å². The highest BCUT2D eigenvalue weighted by atomic mass is 16.6. The number of aliphatic hydroxyl groups is 4. The fourth-order valence-corrected chi connectivity index (χ4v) is 9.04. The third kappa shape index (κ3) is 33.4. The molecule has 36 nitrogen and oxygen atoms in total. The highest BCUT2D eigenvalue weighted by Gasteiger charge is 2.47. The summed E-state index contributed by atoms with van der Waals surface area (Å²) in [6.45, 7) is 5.92. The average Bonchev–Trinajstić information content (AvgIpc) is 0.819. The molecular formula is C56H97N13O23. The lowest BCUT2D eigenvalue weighted by Gasteiger charge is -2.39. The number of aliphatic imine (C=N–C) groups is 2. The van der Waals surface area contributed by atoms with Crippen LogP contribution in [-0.4, -0.2) is 256 Å². The minimum Gasteiger partial charge on any atom is -0.479 e. The van der Waals surface area contributed by atoms with E-state index >= 15 is 0 Å². The first-order valence-corrected chi connectivity index (χ1v) is 30.5. The van der Waals surface area contributed by atoms with Gasteiger partial charge in [0.1, 0.15) is 24.4 Å². The predicted molar refractivity (Wildman–Crippen MR) is 325 cm³/mol. The molecule has 11 atom stereocenters. The number of guanidine groups is 2. The summed E-state index contributed by atoms with van der Waals surface area (Å²) in [7, 11) is 0. The number of aliphatic carboxylic acids is 2. The van der Waals surface area contributed by atoms with Crippen molar-refractivity contribution >= 4 is 65.6 Å². The van der Waals surface area contributed by atoms with Gasteiger partial charge in [0.2, 0.25) is 41.1 Å². The number of carbonyl (C=O) groups excluding carboxylic acids is 7. The van der Waals surface area contributed by atoms with E-state index in [2.05, 4.69) is 47.2 Å². The topological polar surface area (TPSA) is 562 Å². The molecule has 2 rings (SSSR count). The van der Waals surface area contributed by atoms with E-state index in [1.54, 1.807) is 6.92 Å². The second-order valence-electron chi connectivity index (χ2n) is 21.2. The Morgan fingerprint density at radius 2 is 1.00 bits per heavy atom. The molecule has 21 N–H and O–H groups in total. The normalized spacial score (nSPS) is 19.2. The molecule has 0 aliphatic carbocycles. The Kier molecular flexibility index (Phi) is 40.3. The zero-order valence-corrected chi connectivity index (χ0v) is 52.4. The number of unbranched alkanes of at least 4 members (excludes halogenated alkanes) is 6. The molecule has 0 saturated carbocycles. The van der Waals surface area contributed by atoms with Crippen LogP contribution in [-0.2, 0) is 71.5 Å². The number of nitrogens with one attached hydrogen (secondary N) is 7. The molecule has 2 heterocycles. The molecule has 524 valence electrons. The van der Waals surface area contributed by atoms with Gasteiger partial charge in [0.25, 0.3) is 0 Å². The largest absolute Gasteiger partial charge is 0.479 e. The van der Waals surface area contributed by atoms with Crippen LogP contribution in [0.3, 0.4) is 0 Å². The van der Waals surface area contributed by atoms with Crippen molar-refractivity contribution in [1.29, 1.82) is 0 Å². The van der Waals surface area contributed by atoms with Gasteiger partial charge in [0, 0.05) is 58.5 Å². The van der Waals surface area contributed by atoms with Crippen molar-refractivity contribution in [3.05, 3.63) is 23.7 Å². The molecule has 2 aliphatic rings. The standard InChI is InChI=1S/C56H97N13O23/c1-4-20-85-22-24-87-26-27-88-25-23-86-21-15-43(76)67-35(50(78)65-30-44(77)62-17-10-6-8-12-18-63-55(83)91-47(38(73)31-70)46-33(2)36(68-53(57)58)28-40(89-46)51(79)80)13-14-42(75)61-16-9-5-7-11-19-64-56(84)92-48(39(74)32-71)49-45(66-34(3)72)37(69-54(59)60)29-41(90-49)52(81)82/h28-29,33,35-39,45-49,70-71,73-74H,4-27,30-32H2,1-3H3,(H,61,75)(H,62,77)(H,63,83)(H,64,84)(H,65,78)(H,66,72)(H,67,76)(H,79,80)(H,81,82)(H4,57,58,68)(H4,59,60,69)/t33-,35-,36+,37+,38-,39-,45-,46-,47-,48-,49+/m1/s1. The quantitative estimate of drug-likeness (QED) is 0.0155. The van der Waals surface area contributed by atoms with Crippen molar-refractivity contribution in [2.75, 3.05) is 98.8 Å². The van der Waals surface area contributed by atoms with Crippen molar-refractivity contribution in [3.63, 3.8) is 0 Å². The van der Waals surface area contributed by atoms with Gasteiger partial charge in [-0.15, -0.1) is 0 Å². The van der Waals surface area contributed by atoms with E-state index < -0.39 is 158 Å². The summed E-state index contributed by atoms with van der Waals surface area (Å²) in [6.07, 6.45) is -4.63. The predicted octanol–water partition coefficient (Wildman–Crippen LogP) is -4.36. The number of ether oxygens (including phenoxy) is 8. The van der Waals surface area contributed by atoms with E-state index in [0.29, 0.717) is 84.4 Å². The Balaban J connectivity index is 1.85. The Morgan fingerprint density at radius 3 is 1.47 bits per heavy atom. The van der Waals surface area contributed by atoms with Crippen LogP contribution in [0.15, 0.2) is 33.7 Å². The third-order valence-corrected chi connectivity index (χ3v) is 13.7. The monoisotopic (exact) mass is 1320 g/mol. The van der Waals surface area contributed by atoms with Crippen LogP contribution in [0.25, 0.3) is 0 Å².